The highest BCUT2D eigenvalue weighted by atomic mass is 16.6. The molecule has 114 valence electrons. The van der Waals surface area contributed by atoms with Crippen LogP contribution in [0, 0.1) is 0 Å². The van der Waals surface area contributed by atoms with Crippen molar-refractivity contribution in [2.24, 2.45) is 0 Å². The van der Waals surface area contributed by atoms with Crippen LogP contribution in [0.4, 0.5) is 4.79 Å². The molecule has 1 fully saturated rings. The summed E-state index contributed by atoms with van der Waals surface area (Å²) in [6, 6.07) is 9.53. The molecular formula is C15H20N2O4. The average Bonchev–Trinajstić information content (AvgIpc) is 2.52. The van der Waals surface area contributed by atoms with Crippen LogP contribution in [0.15, 0.2) is 30.3 Å². The van der Waals surface area contributed by atoms with Crippen molar-refractivity contribution in [2.45, 2.75) is 25.5 Å². The van der Waals surface area contributed by atoms with E-state index in [-0.39, 0.29) is 25.3 Å². The Morgan fingerprint density at radius 3 is 2.81 bits per heavy atom. The number of aliphatic carboxylic acids is 1. The number of nitrogens with zero attached hydrogens (tertiary/aromatic N) is 1. The zero-order chi connectivity index (χ0) is 15.1. The minimum atomic E-state index is -0.890. The van der Waals surface area contributed by atoms with Crippen molar-refractivity contribution in [3.05, 3.63) is 35.9 Å². The number of hydrogen-bond donors (Lipinski definition) is 2. The summed E-state index contributed by atoms with van der Waals surface area (Å²) in [4.78, 5) is 24.2. The number of amides is 1. The quantitative estimate of drug-likeness (QED) is 0.859. The van der Waals surface area contributed by atoms with Crippen molar-refractivity contribution in [1.82, 2.24) is 10.2 Å². The second kappa shape index (κ2) is 7.64. The van der Waals surface area contributed by atoms with Crippen LogP contribution >= 0.6 is 0 Å². The molecule has 1 aromatic rings. The van der Waals surface area contributed by atoms with Gasteiger partial charge in [-0.1, -0.05) is 30.3 Å². The second-order valence-electron chi connectivity index (χ2n) is 5.10. The lowest BCUT2D eigenvalue weighted by Crippen LogP contribution is -2.49. The Morgan fingerprint density at radius 2 is 2.10 bits per heavy atom. The van der Waals surface area contributed by atoms with E-state index in [0.717, 1.165) is 18.4 Å². The highest BCUT2D eigenvalue weighted by molar-refractivity contribution is 5.69. The van der Waals surface area contributed by atoms with E-state index in [9.17, 15) is 9.59 Å². The molecule has 0 aliphatic carbocycles. The third-order valence-electron chi connectivity index (χ3n) is 3.43. The van der Waals surface area contributed by atoms with Crippen LogP contribution in [0.2, 0.25) is 0 Å². The number of hydrogen-bond acceptors (Lipinski definition) is 4. The molecule has 0 radical (unpaired) electrons. The number of benzene rings is 1. The van der Waals surface area contributed by atoms with Gasteiger partial charge in [0.05, 0.1) is 6.54 Å². The summed E-state index contributed by atoms with van der Waals surface area (Å²) < 4.78 is 5.28. The van der Waals surface area contributed by atoms with Crippen molar-refractivity contribution in [3.8, 4) is 0 Å². The molecule has 1 heterocycles. The smallest absolute Gasteiger partial charge is 0.410 e. The molecule has 2 N–H and O–H groups in total. The zero-order valence-electron chi connectivity index (χ0n) is 11.8. The van der Waals surface area contributed by atoms with E-state index in [1.165, 1.54) is 0 Å². The fraction of sp³-hybridized carbons (Fsp3) is 0.467. The molecule has 2 rings (SSSR count). The number of carbonyl (C=O) groups excluding carboxylic acids is 1. The lowest BCUT2D eigenvalue weighted by Gasteiger charge is -2.32. The first-order chi connectivity index (χ1) is 10.1. The molecule has 1 atom stereocenters. The number of ether oxygens (including phenoxy) is 1. The molecule has 0 saturated carbocycles. The minimum absolute atomic E-state index is 0.0131. The molecule has 1 amide bonds. The van der Waals surface area contributed by atoms with Crippen molar-refractivity contribution in [2.75, 3.05) is 19.6 Å². The number of nitrogens with one attached hydrogen (secondary N) is 1. The summed E-state index contributed by atoms with van der Waals surface area (Å²) in [6.45, 7) is 1.31. The summed E-state index contributed by atoms with van der Waals surface area (Å²) in [7, 11) is 0. The fourth-order valence-electron chi connectivity index (χ4n) is 2.35. The minimum Gasteiger partial charge on any atom is -0.480 e. The Balaban J connectivity index is 1.77. The van der Waals surface area contributed by atoms with Gasteiger partial charge < -0.3 is 20.1 Å². The molecule has 1 aliphatic rings. The number of carboxylic acid groups (broad SMARTS) is 1. The molecule has 0 bridgehead atoms. The lowest BCUT2D eigenvalue weighted by molar-refractivity contribution is -0.136. The molecule has 1 unspecified atom stereocenters. The van der Waals surface area contributed by atoms with Crippen LogP contribution in [0.25, 0.3) is 0 Å². The Kier molecular flexibility index (Phi) is 5.57. The van der Waals surface area contributed by atoms with Gasteiger partial charge in [-0.15, -0.1) is 0 Å². The molecule has 6 heteroatoms. The molecule has 1 aromatic carbocycles. The topological polar surface area (TPSA) is 78.9 Å². The monoisotopic (exact) mass is 292 g/mol. The van der Waals surface area contributed by atoms with Gasteiger partial charge in [-0.3, -0.25) is 4.79 Å². The predicted molar refractivity (Wildman–Crippen MR) is 76.9 cm³/mol. The Bertz CT molecular complexity index is 478. The van der Waals surface area contributed by atoms with Gasteiger partial charge >= 0.3 is 12.1 Å². The van der Waals surface area contributed by atoms with Crippen LogP contribution in [0.1, 0.15) is 18.4 Å². The molecule has 0 spiro atoms. The maximum Gasteiger partial charge on any atom is 0.410 e. The fourth-order valence-corrected chi connectivity index (χ4v) is 2.35. The number of carbonyl (C=O) groups is 2. The maximum atomic E-state index is 12.0. The van der Waals surface area contributed by atoms with Crippen LogP contribution in [0.3, 0.4) is 0 Å². The third kappa shape index (κ3) is 5.07. The largest absolute Gasteiger partial charge is 0.480 e. The maximum absolute atomic E-state index is 12.0. The van der Waals surface area contributed by atoms with E-state index < -0.39 is 5.97 Å². The molecule has 0 aromatic heterocycles. The van der Waals surface area contributed by atoms with E-state index >= 15 is 0 Å². The second-order valence-corrected chi connectivity index (χ2v) is 5.10. The normalized spacial score (nSPS) is 18.3. The van der Waals surface area contributed by atoms with E-state index in [1.54, 1.807) is 4.90 Å². The van der Waals surface area contributed by atoms with Gasteiger partial charge in [0.25, 0.3) is 0 Å². The van der Waals surface area contributed by atoms with Gasteiger partial charge in [0, 0.05) is 19.1 Å². The first kappa shape index (κ1) is 15.3. The van der Waals surface area contributed by atoms with E-state index in [0.29, 0.717) is 13.1 Å². The molecular weight excluding hydrogens is 272 g/mol. The summed E-state index contributed by atoms with van der Waals surface area (Å²) in [5.41, 5.74) is 0.948. The number of piperidine rings is 1. The highest BCUT2D eigenvalue weighted by Crippen LogP contribution is 2.12. The van der Waals surface area contributed by atoms with Crippen LogP contribution in [-0.2, 0) is 16.1 Å². The number of likely N-dealkylation sites (tertiary alicyclic amines) is 1. The Hall–Kier alpha value is -2.08. The standard InChI is InChI=1S/C15H20N2O4/c18-14(19)9-16-13-7-4-8-17(10-13)15(20)21-11-12-5-2-1-3-6-12/h1-3,5-6,13,16H,4,7-11H2,(H,18,19). The van der Waals surface area contributed by atoms with Crippen molar-refractivity contribution in [3.63, 3.8) is 0 Å². The Labute approximate surface area is 123 Å². The highest BCUT2D eigenvalue weighted by Gasteiger charge is 2.24. The zero-order valence-corrected chi connectivity index (χ0v) is 11.8. The first-order valence-corrected chi connectivity index (χ1v) is 7.06. The Morgan fingerprint density at radius 1 is 1.33 bits per heavy atom. The van der Waals surface area contributed by atoms with E-state index in [2.05, 4.69) is 5.32 Å². The SMILES string of the molecule is O=C(O)CNC1CCCN(C(=O)OCc2ccccc2)C1. The van der Waals surface area contributed by atoms with Crippen molar-refractivity contribution in [1.29, 1.82) is 0 Å². The van der Waals surface area contributed by atoms with Crippen LogP contribution in [-0.4, -0.2) is 47.7 Å². The van der Waals surface area contributed by atoms with Gasteiger partial charge in [0.2, 0.25) is 0 Å². The molecule has 1 saturated heterocycles. The van der Waals surface area contributed by atoms with Gasteiger partial charge in [-0.2, -0.15) is 0 Å². The van der Waals surface area contributed by atoms with Crippen molar-refractivity contribution < 1.29 is 19.4 Å². The lowest BCUT2D eigenvalue weighted by atomic mass is 10.1. The summed E-state index contributed by atoms with van der Waals surface area (Å²) >= 11 is 0. The molecule has 6 nitrogen and oxygen atoms in total. The predicted octanol–water partition coefficient (Wildman–Crippen LogP) is 1.46. The van der Waals surface area contributed by atoms with Crippen LogP contribution < -0.4 is 5.32 Å². The summed E-state index contributed by atoms with van der Waals surface area (Å²) in [5.74, 6) is -0.890. The average molecular weight is 292 g/mol. The van der Waals surface area contributed by atoms with E-state index in [1.807, 2.05) is 30.3 Å². The first-order valence-electron chi connectivity index (χ1n) is 7.06. The van der Waals surface area contributed by atoms with Gasteiger partial charge in [-0.25, -0.2) is 4.79 Å². The van der Waals surface area contributed by atoms with Gasteiger partial charge in [0.1, 0.15) is 6.61 Å². The summed E-state index contributed by atoms with van der Waals surface area (Å²) in [6.07, 6.45) is 1.37. The van der Waals surface area contributed by atoms with Gasteiger partial charge in [0.15, 0.2) is 0 Å². The van der Waals surface area contributed by atoms with Crippen molar-refractivity contribution >= 4 is 12.1 Å². The molecule has 21 heavy (non-hydrogen) atoms. The number of rotatable bonds is 5. The number of carboxylic acids is 1. The third-order valence-corrected chi connectivity index (χ3v) is 3.43. The van der Waals surface area contributed by atoms with Crippen LogP contribution in [0.5, 0.6) is 0 Å². The van der Waals surface area contributed by atoms with Gasteiger partial charge in [-0.05, 0) is 18.4 Å². The summed E-state index contributed by atoms with van der Waals surface area (Å²) in [5, 5.41) is 11.6. The molecule has 1 aliphatic heterocycles. The van der Waals surface area contributed by atoms with E-state index in [4.69, 9.17) is 9.84 Å².